The van der Waals surface area contributed by atoms with Crippen LogP contribution in [0.3, 0.4) is 0 Å². The molecule has 1 aromatic carbocycles. The molecule has 1 aromatic heterocycles. The van der Waals surface area contributed by atoms with Gasteiger partial charge in [-0.05, 0) is 25.8 Å². The molecule has 0 bridgehead atoms. The van der Waals surface area contributed by atoms with Crippen molar-refractivity contribution in [1.82, 2.24) is 4.90 Å². The molecule has 128 valence electrons. The zero-order valence-electron chi connectivity index (χ0n) is 14.1. The summed E-state index contributed by atoms with van der Waals surface area (Å²) in [5.74, 6) is -0.906. The van der Waals surface area contributed by atoms with Gasteiger partial charge in [-0.3, -0.25) is 9.59 Å². The topological polar surface area (TPSA) is 80.0 Å². The molecule has 0 aliphatic carbocycles. The Morgan fingerprint density at radius 2 is 2.12 bits per heavy atom. The number of carbonyl (C=O) groups excluding carboxylic acids is 1. The molecule has 0 spiro atoms. The van der Waals surface area contributed by atoms with Gasteiger partial charge in [-0.15, -0.1) is 0 Å². The molecule has 1 aliphatic rings. The Kier molecular flexibility index (Phi) is 4.09. The number of hydrogen-bond donors (Lipinski definition) is 1. The van der Waals surface area contributed by atoms with Gasteiger partial charge in [-0.25, -0.2) is 0 Å². The maximum absolute atomic E-state index is 12.9. The van der Waals surface area contributed by atoms with Crippen LogP contribution in [0, 0.1) is 19.3 Å². The maximum Gasteiger partial charge on any atom is 0.313 e. The Labute approximate surface area is 140 Å². The van der Waals surface area contributed by atoms with Gasteiger partial charge in [-0.1, -0.05) is 18.2 Å². The number of carbonyl (C=O) groups is 2. The minimum atomic E-state index is -1.04. The monoisotopic (exact) mass is 331 g/mol. The molecule has 24 heavy (non-hydrogen) atoms. The van der Waals surface area contributed by atoms with Gasteiger partial charge in [0.25, 0.3) is 5.91 Å². The van der Waals surface area contributed by atoms with E-state index in [1.807, 2.05) is 32.0 Å². The number of aryl methyl sites for hydroxylation is 2. The van der Waals surface area contributed by atoms with Crippen molar-refractivity contribution in [3.05, 3.63) is 35.1 Å². The standard InChI is InChI=1S/C18H21NO5/c1-11-5-4-6-13-12(2)15(24-14(11)13)16(20)19-8-7-18(9-19,10-23-3)17(21)22/h4-6H,7-10H2,1-3H3,(H,21,22). The Balaban J connectivity index is 1.92. The summed E-state index contributed by atoms with van der Waals surface area (Å²) >= 11 is 0. The maximum atomic E-state index is 12.9. The zero-order chi connectivity index (χ0) is 17.5. The van der Waals surface area contributed by atoms with Crippen LogP contribution in [0.5, 0.6) is 0 Å². The van der Waals surface area contributed by atoms with Crippen LogP contribution in [0.2, 0.25) is 0 Å². The Bertz CT molecular complexity index is 809. The third kappa shape index (κ3) is 2.47. The van der Waals surface area contributed by atoms with Crippen molar-refractivity contribution >= 4 is 22.8 Å². The predicted molar refractivity (Wildman–Crippen MR) is 88.2 cm³/mol. The SMILES string of the molecule is COCC1(C(=O)O)CCN(C(=O)c2oc3c(C)cccc3c2C)C1. The minimum Gasteiger partial charge on any atom is -0.481 e. The molecule has 6 heteroatoms. The first kappa shape index (κ1) is 16.5. The number of ether oxygens (including phenoxy) is 1. The molecule has 1 amide bonds. The highest BCUT2D eigenvalue weighted by Crippen LogP contribution is 2.34. The number of likely N-dealkylation sites (tertiary alicyclic amines) is 1. The molecule has 2 aromatic rings. The van der Waals surface area contributed by atoms with Crippen LogP contribution in [0.25, 0.3) is 11.0 Å². The molecule has 6 nitrogen and oxygen atoms in total. The van der Waals surface area contributed by atoms with Crippen molar-refractivity contribution in [2.45, 2.75) is 20.3 Å². The summed E-state index contributed by atoms with van der Waals surface area (Å²) in [6.07, 6.45) is 0.375. The van der Waals surface area contributed by atoms with Crippen LogP contribution in [0.4, 0.5) is 0 Å². The lowest BCUT2D eigenvalue weighted by atomic mass is 9.88. The lowest BCUT2D eigenvalue weighted by molar-refractivity contribution is -0.151. The van der Waals surface area contributed by atoms with Gasteiger partial charge in [0.15, 0.2) is 5.76 Å². The quantitative estimate of drug-likeness (QED) is 0.931. The smallest absolute Gasteiger partial charge is 0.313 e. The first-order valence-corrected chi connectivity index (χ1v) is 7.90. The number of nitrogens with zero attached hydrogens (tertiary/aromatic N) is 1. The fourth-order valence-electron chi connectivity index (χ4n) is 3.41. The molecule has 2 heterocycles. The highest BCUT2D eigenvalue weighted by atomic mass is 16.5. The number of carboxylic acids is 1. The van der Waals surface area contributed by atoms with Crippen LogP contribution < -0.4 is 0 Å². The number of para-hydroxylation sites is 1. The van der Waals surface area contributed by atoms with Crippen LogP contribution >= 0.6 is 0 Å². The molecule has 1 aliphatic heterocycles. The molecule has 1 fully saturated rings. The Morgan fingerprint density at radius 1 is 1.38 bits per heavy atom. The van der Waals surface area contributed by atoms with Gasteiger partial charge in [0.05, 0.1) is 6.61 Å². The highest BCUT2D eigenvalue weighted by Gasteiger charge is 2.47. The number of hydrogen-bond acceptors (Lipinski definition) is 4. The van der Waals surface area contributed by atoms with Crippen LogP contribution in [0.1, 0.15) is 28.1 Å². The normalized spacial score (nSPS) is 20.7. The first-order chi connectivity index (χ1) is 11.4. The summed E-state index contributed by atoms with van der Waals surface area (Å²) in [5, 5.41) is 10.4. The predicted octanol–water partition coefficient (Wildman–Crippen LogP) is 2.61. The second kappa shape index (κ2) is 5.94. The minimum absolute atomic E-state index is 0.0876. The van der Waals surface area contributed by atoms with Gasteiger partial charge >= 0.3 is 5.97 Å². The number of aliphatic carboxylic acids is 1. The largest absolute Gasteiger partial charge is 0.481 e. The number of methoxy groups -OCH3 is 1. The van der Waals surface area contributed by atoms with Crippen molar-refractivity contribution in [1.29, 1.82) is 0 Å². The molecule has 3 rings (SSSR count). The molecule has 1 atom stereocenters. The van der Waals surface area contributed by atoms with E-state index in [4.69, 9.17) is 9.15 Å². The summed E-state index contributed by atoms with van der Waals surface area (Å²) in [4.78, 5) is 26.0. The number of fused-ring (bicyclic) bond motifs is 1. The first-order valence-electron chi connectivity index (χ1n) is 7.90. The molecule has 1 N–H and O–H groups in total. The third-order valence-corrected chi connectivity index (χ3v) is 4.87. The van der Waals surface area contributed by atoms with Crippen molar-refractivity contribution < 1.29 is 23.8 Å². The second-order valence-electron chi connectivity index (χ2n) is 6.50. The second-order valence-corrected chi connectivity index (χ2v) is 6.50. The highest BCUT2D eigenvalue weighted by molar-refractivity contribution is 6.00. The average Bonchev–Trinajstić information content (AvgIpc) is 3.12. The summed E-state index contributed by atoms with van der Waals surface area (Å²) in [6, 6.07) is 5.79. The lowest BCUT2D eigenvalue weighted by Gasteiger charge is -2.23. The zero-order valence-corrected chi connectivity index (χ0v) is 14.1. The Hall–Kier alpha value is -2.34. The molecule has 1 saturated heterocycles. The number of benzene rings is 1. The van der Waals surface area contributed by atoms with Gasteiger partial charge in [-0.2, -0.15) is 0 Å². The summed E-state index contributed by atoms with van der Waals surface area (Å²) in [6.45, 7) is 4.39. The van der Waals surface area contributed by atoms with E-state index >= 15 is 0 Å². The Morgan fingerprint density at radius 3 is 2.75 bits per heavy atom. The van der Waals surface area contributed by atoms with Crippen LogP contribution in [0.15, 0.2) is 22.6 Å². The summed E-state index contributed by atoms with van der Waals surface area (Å²) in [5.41, 5.74) is 1.42. The van der Waals surface area contributed by atoms with E-state index in [-0.39, 0.29) is 24.8 Å². The summed E-state index contributed by atoms with van der Waals surface area (Å²) in [7, 11) is 1.47. The van der Waals surface area contributed by atoms with E-state index in [0.717, 1.165) is 16.5 Å². The van der Waals surface area contributed by atoms with E-state index in [1.54, 1.807) is 4.90 Å². The van der Waals surface area contributed by atoms with Crippen molar-refractivity contribution in [3.63, 3.8) is 0 Å². The molecule has 1 unspecified atom stereocenters. The van der Waals surface area contributed by atoms with E-state index in [9.17, 15) is 14.7 Å². The molecule has 0 saturated carbocycles. The number of carboxylic acid groups (broad SMARTS) is 1. The van der Waals surface area contributed by atoms with Crippen LogP contribution in [-0.2, 0) is 9.53 Å². The van der Waals surface area contributed by atoms with Crippen molar-refractivity contribution in [3.8, 4) is 0 Å². The van der Waals surface area contributed by atoms with Gasteiger partial charge in [0.2, 0.25) is 0 Å². The van der Waals surface area contributed by atoms with E-state index in [0.29, 0.717) is 18.5 Å². The molecular formula is C18H21NO5. The fourth-order valence-corrected chi connectivity index (χ4v) is 3.41. The van der Waals surface area contributed by atoms with E-state index in [2.05, 4.69) is 0 Å². The average molecular weight is 331 g/mol. The molecule has 0 radical (unpaired) electrons. The fraction of sp³-hybridized carbons (Fsp3) is 0.444. The van der Waals surface area contributed by atoms with Crippen molar-refractivity contribution in [2.24, 2.45) is 5.41 Å². The van der Waals surface area contributed by atoms with E-state index < -0.39 is 11.4 Å². The van der Waals surface area contributed by atoms with Gasteiger partial charge in [0.1, 0.15) is 11.0 Å². The van der Waals surface area contributed by atoms with Gasteiger partial charge in [0, 0.05) is 31.1 Å². The van der Waals surface area contributed by atoms with Crippen LogP contribution in [-0.4, -0.2) is 48.7 Å². The number of amides is 1. The summed E-state index contributed by atoms with van der Waals surface area (Å²) < 4.78 is 10.9. The third-order valence-electron chi connectivity index (χ3n) is 4.87. The molecular weight excluding hydrogens is 310 g/mol. The van der Waals surface area contributed by atoms with Crippen molar-refractivity contribution in [2.75, 3.05) is 26.8 Å². The number of furan rings is 1. The van der Waals surface area contributed by atoms with E-state index in [1.165, 1.54) is 7.11 Å². The van der Waals surface area contributed by atoms with Gasteiger partial charge < -0.3 is 19.2 Å². The number of rotatable bonds is 4. The lowest BCUT2D eigenvalue weighted by Crippen LogP contribution is -2.40.